The first-order valence-corrected chi connectivity index (χ1v) is 7.16. The molecule has 22 heavy (non-hydrogen) atoms. The van der Waals surface area contributed by atoms with Crippen molar-refractivity contribution in [3.63, 3.8) is 0 Å². The number of nitrogens with zero attached hydrogens (tertiary/aromatic N) is 1. The van der Waals surface area contributed by atoms with Crippen LogP contribution in [0.15, 0.2) is 42.7 Å². The minimum absolute atomic E-state index is 0.216. The van der Waals surface area contributed by atoms with E-state index in [0.717, 1.165) is 29.3 Å². The molecule has 2 heterocycles. The molecule has 0 unspecified atom stereocenters. The van der Waals surface area contributed by atoms with Gasteiger partial charge < -0.3 is 4.98 Å². The SMILES string of the molecule is FC(F)(F)c1ccc(C2CC2)cc1-c1cc2cnccc2[nH]1. The summed E-state index contributed by atoms with van der Waals surface area (Å²) in [6.45, 7) is 0. The topological polar surface area (TPSA) is 28.7 Å². The molecular weight excluding hydrogens is 289 g/mol. The summed E-state index contributed by atoms with van der Waals surface area (Å²) in [6, 6.07) is 7.97. The number of aromatic nitrogens is 2. The van der Waals surface area contributed by atoms with Gasteiger partial charge in [0.15, 0.2) is 0 Å². The summed E-state index contributed by atoms with van der Waals surface area (Å²) >= 11 is 0. The van der Waals surface area contributed by atoms with Crippen LogP contribution < -0.4 is 0 Å². The van der Waals surface area contributed by atoms with Gasteiger partial charge in [-0.3, -0.25) is 4.98 Å². The molecule has 1 aromatic carbocycles. The second-order valence-electron chi connectivity index (χ2n) is 5.72. The van der Waals surface area contributed by atoms with Crippen LogP contribution in [0, 0.1) is 0 Å². The fourth-order valence-corrected chi connectivity index (χ4v) is 2.82. The quantitative estimate of drug-likeness (QED) is 0.698. The molecular formula is C17H13F3N2. The number of halogens is 3. The van der Waals surface area contributed by atoms with Crippen molar-refractivity contribution in [2.24, 2.45) is 0 Å². The van der Waals surface area contributed by atoms with E-state index in [1.54, 1.807) is 36.7 Å². The average Bonchev–Trinajstić information content (AvgIpc) is 3.24. The van der Waals surface area contributed by atoms with Crippen molar-refractivity contribution in [3.05, 3.63) is 53.9 Å². The Labute approximate surface area is 125 Å². The first-order valence-electron chi connectivity index (χ1n) is 7.16. The number of alkyl halides is 3. The Morgan fingerprint density at radius 3 is 2.59 bits per heavy atom. The number of aromatic amines is 1. The number of H-pyrrole nitrogens is 1. The van der Waals surface area contributed by atoms with Crippen molar-refractivity contribution < 1.29 is 13.2 Å². The third-order valence-electron chi connectivity index (χ3n) is 4.11. The summed E-state index contributed by atoms with van der Waals surface area (Å²) in [4.78, 5) is 7.08. The summed E-state index contributed by atoms with van der Waals surface area (Å²) in [7, 11) is 0. The van der Waals surface area contributed by atoms with Crippen LogP contribution in [0.5, 0.6) is 0 Å². The zero-order valence-corrected chi connectivity index (χ0v) is 11.6. The van der Waals surface area contributed by atoms with Crippen molar-refractivity contribution >= 4 is 10.9 Å². The van der Waals surface area contributed by atoms with Gasteiger partial charge in [-0.1, -0.05) is 6.07 Å². The summed E-state index contributed by atoms with van der Waals surface area (Å²) in [5.41, 5.74) is 1.87. The van der Waals surface area contributed by atoms with Gasteiger partial charge in [-0.25, -0.2) is 0 Å². The number of rotatable bonds is 2. The van der Waals surface area contributed by atoms with Gasteiger partial charge in [0.05, 0.1) is 5.56 Å². The zero-order chi connectivity index (χ0) is 15.3. The highest BCUT2D eigenvalue weighted by molar-refractivity contribution is 5.85. The summed E-state index contributed by atoms with van der Waals surface area (Å²) in [5, 5.41) is 0.808. The smallest absolute Gasteiger partial charge is 0.354 e. The summed E-state index contributed by atoms with van der Waals surface area (Å²) < 4.78 is 39.9. The normalized spacial score (nSPS) is 15.4. The molecule has 0 spiro atoms. The van der Waals surface area contributed by atoms with Crippen LogP contribution in [-0.2, 0) is 6.18 Å². The molecule has 1 aliphatic carbocycles. The highest BCUT2D eigenvalue weighted by Gasteiger charge is 2.35. The molecule has 5 heteroatoms. The van der Waals surface area contributed by atoms with E-state index in [9.17, 15) is 13.2 Å². The van der Waals surface area contributed by atoms with Crippen molar-refractivity contribution in [2.45, 2.75) is 24.9 Å². The molecule has 0 bridgehead atoms. The highest BCUT2D eigenvalue weighted by Crippen LogP contribution is 2.44. The minimum atomic E-state index is -4.37. The Hall–Kier alpha value is -2.30. The molecule has 0 amide bonds. The molecule has 3 aromatic rings. The van der Waals surface area contributed by atoms with E-state index in [1.807, 2.05) is 0 Å². The van der Waals surface area contributed by atoms with E-state index < -0.39 is 11.7 Å². The predicted octanol–water partition coefficient (Wildman–Crippen LogP) is 5.13. The van der Waals surface area contributed by atoms with Gasteiger partial charge in [-0.15, -0.1) is 0 Å². The Balaban J connectivity index is 1.92. The van der Waals surface area contributed by atoms with Crippen molar-refractivity contribution in [2.75, 3.05) is 0 Å². The molecule has 0 radical (unpaired) electrons. The monoisotopic (exact) mass is 302 g/mol. The molecule has 1 N–H and O–H groups in total. The van der Waals surface area contributed by atoms with Crippen LogP contribution in [-0.4, -0.2) is 9.97 Å². The lowest BCUT2D eigenvalue weighted by Gasteiger charge is -2.13. The second kappa shape index (κ2) is 4.60. The van der Waals surface area contributed by atoms with E-state index in [2.05, 4.69) is 9.97 Å². The third kappa shape index (κ3) is 2.26. The van der Waals surface area contributed by atoms with Gasteiger partial charge in [0.2, 0.25) is 0 Å². The van der Waals surface area contributed by atoms with Gasteiger partial charge in [0.1, 0.15) is 0 Å². The van der Waals surface area contributed by atoms with Crippen LogP contribution in [0.4, 0.5) is 13.2 Å². The summed E-state index contributed by atoms with van der Waals surface area (Å²) in [6.07, 6.45) is 1.01. The lowest BCUT2D eigenvalue weighted by atomic mass is 9.98. The lowest BCUT2D eigenvalue weighted by molar-refractivity contribution is -0.137. The van der Waals surface area contributed by atoms with Crippen LogP contribution >= 0.6 is 0 Å². The Kier molecular flexibility index (Phi) is 2.79. The van der Waals surface area contributed by atoms with Crippen molar-refractivity contribution in [1.29, 1.82) is 0 Å². The van der Waals surface area contributed by atoms with Crippen molar-refractivity contribution in [1.82, 2.24) is 9.97 Å². The molecule has 2 aromatic heterocycles. The Morgan fingerprint density at radius 2 is 1.91 bits per heavy atom. The highest BCUT2D eigenvalue weighted by atomic mass is 19.4. The molecule has 0 atom stereocenters. The van der Waals surface area contributed by atoms with Crippen LogP contribution in [0.25, 0.3) is 22.2 Å². The van der Waals surface area contributed by atoms with Crippen LogP contribution in [0.3, 0.4) is 0 Å². The maximum absolute atomic E-state index is 13.3. The second-order valence-corrected chi connectivity index (χ2v) is 5.72. The van der Waals surface area contributed by atoms with Crippen LogP contribution in [0.1, 0.15) is 29.9 Å². The van der Waals surface area contributed by atoms with Gasteiger partial charge in [0.25, 0.3) is 0 Å². The van der Waals surface area contributed by atoms with E-state index in [4.69, 9.17) is 0 Å². The average molecular weight is 302 g/mol. The van der Waals surface area contributed by atoms with E-state index in [-0.39, 0.29) is 5.56 Å². The van der Waals surface area contributed by atoms with Gasteiger partial charge in [-0.05, 0) is 48.6 Å². The largest absolute Gasteiger partial charge is 0.417 e. The maximum atomic E-state index is 13.3. The number of nitrogens with one attached hydrogen (secondary N) is 1. The zero-order valence-electron chi connectivity index (χ0n) is 11.6. The Bertz CT molecular complexity index is 811. The Morgan fingerprint density at radius 1 is 1.09 bits per heavy atom. The van der Waals surface area contributed by atoms with E-state index >= 15 is 0 Å². The molecule has 1 fully saturated rings. The first kappa shape index (κ1) is 13.4. The summed E-state index contributed by atoms with van der Waals surface area (Å²) in [5.74, 6) is 0.409. The lowest BCUT2D eigenvalue weighted by Crippen LogP contribution is -2.07. The maximum Gasteiger partial charge on any atom is 0.417 e. The molecule has 1 saturated carbocycles. The number of pyridine rings is 1. The van der Waals surface area contributed by atoms with Crippen molar-refractivity contribution in [3.8, 4) is 11.3 Å². The number of hydrogen-bond acceptors (Lipinski definition) is 1. The van der Waals surface area contributed by atoms with Gasteiger partial charge in [0, 0.05) is 34.6 Å². The van der Waals surface area contributed by atoms with E-state index in [0.29, 0.717) is 11.6 Å². The first-order chi connectivity index (χ1) is 10.5. The fourth-order valence-electron chi connectivity index (χ4n) is 2.82. The third-order valence-corrected chi connectivity index (χ3v) is 4.11. The van der Waals surface area contributed by atoms with Gasteiger partial charge in [-0.2, -0.15) is 13.2 Å². The molecule has 4 rings (SSSR count). The molecule has 1 aliphatic rings. The number of fused-ring (bicyclic) bond motifs is 1. The molecule has 112 valence electrons. The van der Waals surface area contributed by atoms with E-state index in [1.165, 1.54) is 6.07 Å². The predicted molar refractivity (Wildman–Crippen MR) is 78.5 cm³/mol. The fraction of sp³-hybridized carbons (Fsp3) is 0.235. The number of benzene rings is 1. The minimum Gasteiger partial charge on any atom is -0.354 e. The molecule has 2 nitrogen and oxygen atoms in total. The van der Waals surface area contributed by atoms with Crippen LogP contribution in [0.2, 0.25) is 0 Å². The van der Waals surface area contributed by atoms with Gasteiger partial charge >= 0.3 is 6.18 Å². The molecule has 0 aliphatic heterocycles. The number of hydrogen-bond donors (Lipinski definition) is 1. The molecule has 0 saturated heterocycles. The standard InChI is InChI=1S/C17H13F3N2/c18-17(19,20)14-4-3-11(10-1-2-10)7-13(14)16-8-12-9-21-6-5-15(12)22-16/h3-10,22H,1-2H2.